The molecule has 0 aromatic rings. The Morgan fingerprint density at radius 3 is 2.00 bits per heavy atom. The molecule has 0 N–H and O–H groups in total. The summed E-state index contributed by atoms with van der Waals surface area (Å²) < 4.78 is 86.6. The molecule has 0 aromatic carbocycles. The average molecular weight is 254 g/mol. The summed E-state index contributed by atoms with van der Waals surface area (Å²) in [6.07, 6.45) is -16.6. The Morgan fingerprint density at radius 2 is 1.69 bits per heavy atom. The first-order valence-corrected chi connectivity index (χ1v) is 3.62. The Hall–Kier alpha value is -1.28. The average Bonchev–Trinajstić information content (AvgIpc) is 1.99. The molecular weight excluding hydrogens is 249 g/mol. The molecule has 0 radical (unpaired) electrons. The highest BCUT2D eigenvalue weighted by molar-refractivity contribution is 5.85. The van der Waals surface area contributed by atoms with Crippen LogP contribution in [0.2, 0.25) is 0 Å². The van der Waals surface area contributed by atoms with Gasteiger partial charge < -0.3 is 4.74 Å². The van der Waals surface area contributed by atoms with Crippen molar-refractivity contribution in [2.75, 3.05) is 0 Å². The lowest BCUT2D eigenvalue weighted by Crippen LogP contribution is -2.38. The predicted octanol–water partition coefficient (Wildman–Crippen LogP) is 2.90. The van der Waals surface area contributed by atoms with Gasteiger partial charge in [0.15, 0.2) is 0 Å². The molecule has 9 heteroatoms. The number of carbonyl (C=O) groups is 1. The molecule has 16 heavy (non-hydrogen) atoms. The van der Waals surface area contributed by atoms with Gasteiger partial charge >= 0.3 is 18.3 Å². The van der Waals surface area contributed by atoms with Gasteiger partial charge in [-0.05, 0) is 0 Å². The van der Waals surface area contributed by atoms with E-state index in [4.69, 9.17) is 0 Å². The van der Waals surface area contributed by atoms with Gasteiger partial charge in [0.05, 0.1) is 6.42 Å². The van der Waals surface area contributed by atoms with Gasteiger partial charge in [-0.2, -0.15) is 26.3 Å². The topological polar surface area (TPSA) is 26.3 Å². The molecule has 94 valence electrons. The van der Waals surface area contributed by atoms with Crippen LogP contribution in [0, 0.1) is 0 Å². The number of alkyl halides is 6. The van der Waals surface area contributed by atoms with Crippen LogP contribution in [0.5, 0.6) is 0 Å². The van der Waals surface area contributed by atoms with Gasteiger partial charge in [-0.3, -0.25) is 0 Å². The fraction of sp³-hybridized carbons (Fsp3) is 0.571. The molecule has 0 spiro atoms. The fourth-order valence-corrected chi connectivity index (χ4v) is 0.565. The van der Waals surface area contributed by atoms with E-state index in [9.17, 15) is 35.5 Å². The number of esters is 1. The standard InChI is InChI=1S/C7H5F7O2/c1-3(8)5(15)16-7(13,14)4(9)2-6(10,11)12/h4H,1-2H2. The highest BCUT2D eigenvalue weighted by Gasteiger charge is 2.50. The van der Waals surface area contributed by atoms with Crippen molar-refractivity contribution in [2.24, 2.45) is 0 Å². The van der Waals surface area contributed by atoms with Crippen molar-refractivity contribution in [2.45, 2.75) is 24.9 Å². The zero-order chi connectivity index (χ0) is 13.1. The Balaban J connectivity index is 4.54. The van der Waals surface area contributed by atoms with E-state index in [1.54, 1.807) is 0 Å². The summed E-state index contributed by atoms with van der Waals surface area (Å²) in [6.45, 7) is 2.25. The van der Waals surface area contributed by atoms with Gasteiger partial charge in [-0.1, -0.05) is 6.58 Å². The summed E-state index contributed by atoms with van der Waals surface area (Å²) in [5, 5.41) is 0. The number of halogens is 7. The molecule has 0 heterocycles. The number of hydrogen-bond donors (Lipinski definition) is 0. The van der Waals surface area contributed by atoms with Crippen LogP contribution in [-0.2, 0) is 9.53 Å². The molecule has 1 atom stereocenters. The molecule has 0 bridgehead atoms. The number of carbonyl (C=O) groups excluding carboxylic acids is 1. The second-order valence-electron chi connectivity index (χ2n) is 2.64. The van der Waals surface area contributed by atoms with Crippen LogP contribution in [0.15, 0.2) is 12.4 Å². The maximum Gasteiger partial charge on any atom is 0.432 e. The van der Waals surface area contributed by atoms with Crippen LogP contribution in [0.25, 0.3) is 0 Å². The lowest BCUT2D eigenvalue weighted by atomic mass is 10.2. The monoisotopic (exact) mass is 254 g/mol. The van der Waals surface area contributed by atoms with E-state index in [0.717, 1.165) is 0 Å². The summed E-state index contributed by atoms with van der Waals surface area (Å²) in [6, 6.07) is 0. The lowest BCUT2D eigenvalue weighted by molar-refractivity contribution is -0.275. The fourth-order valence-electron chi connectivity index (χ4n) is 0.565. The molecular formula is C7H5F7O2. The summed E-state index contributed by atoms with van der Waals surface area (Å²) >= 11 is 0. The smallest absolute Gasteiger partial charge is 0.393 e. The van der Waals surface area contributed by atoms with Gasteiger partial charge in [-0.15, -0.1) is 0 Å². The second-order valence-corrected chi connectivity index (χ2v) is 2.64. The molecule has 0 fully saturated rings. The van der Waals surface area contributed by atoms with Crippen LogP contribution in [-0.4, -0.2) is 24.4 Å². The Morgan fingerprint density at radius 1 is 1.25 bits per heavy atom. The molecule has 2 nitrogen and oxygen atoms in total. The van der Waals surface area contributed by atoms with Crippen molar-refractivity contribution in [1.82, 2.24) is 0 Å². The van der Waals surface area contributed by atoms with Gasteiger partial charge in [-0.25, -0.2) is 9.18 Å². The minimum absolute atomic E-state index is 1.97. The van der Waals surface area contributed by atoms with Gasteiger partial charge in [0, 0.05) is 0 Å². The van der Waals surface area contributed by atoms with E-state index in [-0.39, 0.29) is 0 Å². The Kier molecular flexibility index (Phi) is 4.33. The Bertz CT molecular complexity index is 283. The van der Waals surface area contributed by atoms with E-state index in [1.165, 1.54) is 0 Å². The minimum atomic E-state index is -5.21. The number of rotatable bonds is 4. The third-order valence-corrected chi connectivity index (χ3v) is 1.23. The SMILES string of the molecule is C=C(F)C(=O)OC(F)(F)C(F)CC(F)(F)F. The van der Waals surface area contributed by atoms with Crippen molar-refractivity contribution in [3.63, 3.8) is 0 Å². The predicted molar refractivity (Wildman–Crippen MR) is 36.9 cm³/mol. The summed E-state index contributed by atoms with van der Waals surface area (Å²) in [7, 11) is 0. The van der Waals surface area contributed by atoms with Crippen molar-refractivity contribution in [3.8, 4) is 0 Å². The highest BCUT2D eigenvalue weighted by atomic mass is 19.4. The van der Waals surface area contributed by atoms with Gasteiger partial charge in [0.1, 0.15) is 0 Å². The third-order valence-electron chi connectivity index (χ3n) is 1.23. The van der Waals surface area contributed by atoms with Crippen molar-refractivity contribution < 1.29 is 40.3 Å². The maximum absolute atomic E-state index is 12.4. The second kappa shape index (κ2) is 4.71. The van der Waals surface area contributed by atoms with Gasteiger partial charge in [0.2, 0.25) is 12.0 Å². The summed E-state index contributed by atoms with van der Waals surface area (Å²) in [5.41, 5.74) is 0. The largest absolute Gasteiger partial charge is 0.432 e. The number of hydrogen-bond acceptors (Lipinski definition) is 2. The zero-order valence-electron chi connectivity index (χ0n) is 7.45. The third kappa shape index (κ3) is 4.99. The van der Waals surface area contributed by atoms with Crippen LogP contribution in [0.4, 0.5) is 30.7 Å². The van der Waals surface area contributed by atoms with Crippen LogP contribution < -0.4 is 0 Å². The van der Waals surface area contributed by atoms with Crippen LogP contribution in [0.1, 0.15) is 6.42 Å². The maximum atomic E-state index is 12.4. The van der Waals surface area contributed by atoms with Crippen LogP contribution >= 0.6 is 0 Å². The van der Waals surface area contributed by atoms with E-state index < -0.39 is 36.7 Å². The van der Waals surface area contributed by atoms with E-state index in [2.05, 4.69) is 11.3 Å². The first-order valence-electron chi connectivity index (χ1n) is 3.62. The summed E-state index contributed by atoms with van der Waals surface area (Å²) in [5.74, 6) is -4.30. The zero-order valence-corrected chi connectivity index (χ0v) is 7.45. The normalized spacial score (nSPS) is 14.4. The quantitative estimate of drug-likeness (QED) is 0.438. The first kappa shape index (κ1) is 14.7. The first-order chi connectivity index (χ1) is 6.96. The van der Waals surface area contributed by atoms with Crippen LogP contribution in [0.3, 0.4) is 0 Å². The van der Waals surface area contributed by atoms with Crippen molar-refractivity contribution in [1.29, 1.82) is 0 Å². The number of ether oxygens (including phenoxy) is 1. The molecule has 0 saturated heterocycles. The highest BCUT2D eigenvalue weighted by Crippen LogP contribution is 2.33. The van der Waals surface area contributed by atoms with Crippen molar-refractivity contribution in [3.05, 3.63) is 12.4 Å². The molecule has 0 aliphatic rings. The molecule has 0 saturated carbocycles. The molecule has 1 unspecified atom stereocenters. The Labute approximate surface area is 84.7 Å². The molecule has 0 rings (SSSR count). The molecule has 0 aromatic heterocycles. The molecule has 0 amide bonds. The van der Waals surface area contributed by atoms with E-state index in [1.807, 2.05) is 0 Å². The summed E-state index contributed by atoms with van der Waals surface area (Å²) in [4.78, 5) is 10.2. The molecule has 0 aliphatic heterocycles. The van der Waals surface area contributed by atoms with E-state index >= 15 is 0 Å². The minimum Gasteiger partial charge on any atom is -0.393 e. The van der Waals surface area contributed by atoms with Crippen molar-refractivity contribution >= 4 is 5.97 Å². The van der Waals surface area contributed by atoms with Gasteiger partial charge in [0.25, 0.3) is 0 Å². The van der Waals surface area contributed by atoms with E-state index in [0.29, 0.717) is 0 Å². The molecule has 0 aliphatic carbocycles. The lowest BCUT2D eigenvalue weighted by Gasteiger charge is -2.20.